The lowest BCUT2D eigenvalue weighted by molar-refractivity contribution is -0.142. The standard InChI is InChI=1S/C28H23ClFN7O3/c29-18-7-9-24(37-15-31-34-35-37)20(12-18)19-13-26(38)36(14-21(19)30)25(10-16-4-2-1-3-5-16)27-32-22-8-6-17(28(39)40)11-23(22)33-27/h1-5,7,9,12-15,17,25H,6,8,10-11H2,(H,32,33)(H,39,40). The molecule has 0 amide bonds. The molecule has 0 radical (unpaired) electrons. The Labute approximate surface area is 232 Å². The summed E-state index contributed by atoms with van der Waals surface area (Å²) in [7, 11) is 0. The van der Waals surface area contributed by atoms with Crippen LogP contribution in [0.2, 0.25) is 5.02 Å². The first-order valence-electron chi connectivity index (χ1n) is 12.7. The number of nitrogens with one attached hydrogen (secondary N) is 1. The second-order valence-corrected chi connectivity index (χ2v) is 10.2. The van der Waals surface area contributed by atoms with Crippen LogP contribution in [-0.2, 0) is 24.1 Å². The number of halogens is 2. The number of tetrazole rings is 1. The van der Waals surface area contributed by atoms with E-state index in [1.54, 1.807) is 18.2 Å². The quantitative estimate of drug-likeness (QED) is 0.308. The Kier molecular flexibility index (Phi) is 6.72. The number of aromatic amines is 1. The summed E-state index contributed by atoms with van der Waals surface area (Å²) in [5, 5.41) is 21.0. The molecule has 12 heteroatoms. The second kappa shape index (κ2) is 10.5. The van der Waals surface area contributed by atoms with Crippen LogP contribution >= 0.6 is 11.6 Å². The van der Waals surface area contributed by atoms with Gasteiger partial charge in [-0.3, -0.25) is 9.59 Å². The fourth-order valence-electron chi connectivity index (χ4n) is 5.20. The lowest BCUT2D eigenvalue weighted by Crippen LogP contribution is -2.28. The van der Waals surface area contributed by atoms with E-state index in [0.717, 1.165) is 11.3 Å². The number of hydrogen-bond acceptors (Lipinski definition) is 6. The van der Waals surface area contributed by atoms with E-state index < -0.39 is 29.3 Å². The van der Waals surface area contributed by atoms with Gasteiger partial charge in [0.15, 0.2) is 0 Å². The molecule has 3 aromatic heterocycles. The van der Waals surface area contributed by atoms with E-state index >= 15 is 4.39 Å². The first kappa shape index (κ1) is 25.6. The molecule has 202 valence electrons. The highest BCUT2D eigenvalue weighted by Crippen LogP contribution is 2.32. The van der Waals surface area contributed by atoms with Crippen LogP contribution in [0, 0.1) is 11.7 Å². The molecule has 0 saturated heterocycles. The van der Waals surface area contributed by atoms with E-state index in [4.69, 9.17) is 16.6 Å². The van der Waals surface area contributed by atoms with Crippen LogP contribution in [0.1, 0.15) is 35.2 Å². The van der Waals surface area contributed by atoms with Gasteiger partial charge in [0.2, 0.25) is 0 Å². The number of carboxylic acids is 1. The maximum atomic E-state index is 15.9. The van der Waals surface area contributed by atoms with Gasteiger partial charge in [-0.2, -0.15) is 4.68 Å². The van der Waals surface area contributed by atoms with Crippen molar-refractivity contribution < 1.29 is 14.3 Å². The van der Waals surface area contributed by atoms with Crippen molar-refractivity contribution in [2.75, 3.05) is 0 Å². The average Bonchev–Trinajstić information content (AvgIpc) is 3.63. The molecule has 6 rings (SSSR count). The van der Waals surface area contributed by atoms with E-state index in [0.29, 0.717) is 53.5 Å². The Balaban J connectivity index is 1.45. The Morgan fingerprint density at radius 3 is 2.75 bits per heavy atom. The first-order valence-corrected chi connectivity index (χ1v) is 13.0. The van der Waals surface area contributed by atoms with Crippen LogP contribution in [0.5, 0.6) is 0 Å². The third kappa shape index (κ3) is 4.91. The van der Waals surface area contributed by atoms with Crippen molar-refractivity contribution in [2.24, 2.45) is 5.92 Å². The Morgan fingerprint density at radius 2 is 2.00 bits per heavy atom. The molecule has 2 unspecified atom stereocenters. The van der Waals surface area contributed by atoms with E-state index in [1.165, 1.54) is 27.8 Å². The van der Waals surface area contributed by atoms with E-state index in [1.807, 2.05) is 30.3 Å². The lowest BCUT2D eigenvalue weighted by Gasteiger charge is -2.20. The van der Waals surface area contributed by atoms with Crippen LogP contribution < -0.4 is 5.56 Å². The molecule has 10 nitrogen and oxygen atoms in total. The van der Waals surface area contributed by atoms with Gasteiger partial charge < -0.3 is 14.7 Å². The Bertz CT molecular complexity index is 1750. The molecule has 0 aliphatic heterocycles. The number of aryl methyl sites for hydroxylation is 1. The number of benzene rings is 2. The van der Waals surface area contributed by atoms with Crippen LogP contribution in [0.3, 0.4) is 0 Å². The zero-order chi connectivity index (χ0) is 27.8. The van der Waals surface area contributed by atoms with E-state index in [9.17, 15) is 14.7 Å². The van der Waals surface area contributed by atoms with Crippen molar-refractivity contribution in [2.45, 2.75) is 31.7 Å². The number of carbonyl (C=O) groups is 1. The van der Waals surface area contributed by atoms with Gasteiger partial charge in [0.1, 0.15) is 18.0 Å². The van der Waals surface area contributed by atoms with Gasteiger partial charge in [-0.15, -0.1) is 5.10 Å². The summed E-state index contributed by atoms with van der Waals surface area (Å²) in [6.07, 6.45) is 4.25. The van der Waals surface area contributed by atoms with Crippen molar-refractivity contribution in [1.29, 1.82) is 0 Å². The Hall–Kier alpha value is -4.64. The largest absolute Gasteiger partial charge is 0.481 e. The van der Waals surface area contributed by atoms with Gasteiger partial charge >= 0.3 is 5.97 Å². The van der Waals surface area contributed by atoms with Crippen molar-refractivity contribution in [1.82, 2.24) is 34.7 Å². The normalized spacial score (nSPS) is 15.5. The van der Waals surface area contributed by atoms with Crippen LogP contribution in [0.4, 0.5) is 4.39 Å². The van der Waals surface area contributed by atoms with Crippen LogP contribution in [0.25, 0.3) is 16.8 Å². The zero-order valence-electron chi connectivity index (χ0n) is 21.0. The molecule has 0 bridgehead atoms. The van der Waals surface area contributed by atoms with Crippen LogP contribution in [-0.4, -0.2) is 45.8 Å². The number of rotatable bonds is 7. The Morgan fingerprint density at radius 1 is 1.18 bits per heavy atom. The average molecular weight is 560 g/mol. The maximum Gasteiger partial charge on any atom is 0.306 e. The highest BCUT2D eigenvalue weighted by molar-refractivity contribution is 6.31. The van der Waals surface area contributed by atoms with Crippen molar-refractivity contribution >= 4 is 17.6 Å². The number of nitrogens with zero attached hydrogens (tertiary/aromatic N) is 6. The summed E-state index contributed by atoms with van der Waals surface area (Å²) < 4.78 is 18.6. The minimum atomic E-state index is -0.855. The molecular weight excluding hydrogens is 537 g/mol. The summed E-state index contributed by atoms with van der Waals surface area (Å²) in [4.78, 5) is 33.2. The molecule has 2 N–H and O–H groups in total. The van der Waals surface area contributed by atoms with Gasteiger partial charge in [0.05, 0.1) is 23.3 Å². The molecule has 0 fully saturated rings. The second-order valence-electron chi connectivity index (χ2n) is 9.73. The summed E-state index contributed by atoms with van der Waals surface area (Å²) in [5.41, 5.74) is 2.86. The number of carboxylic acid groups (broad SMARTS) is 1. The molecule has 2 aromatic carbocycles. The van der Waals surface area contributed by atoms with Gasteiger partial charge in [-0.1, -0.05) is 41.9 Å². The number of pyridine rings is 1. The molecule has 1 aliphatic carbocycles. The highest BCUT2D eigenvalue weighted by atomic mass is 35.5. The summed E-state index contributed by atoms with van der Waals surface area (Å²) in [6.45, 7) is 0. The van der Waals surface area contributed by atoms with Crippen molar-refractivity contribution in [3.05, 3.63) is 111 Å². The first-order chi connectivity index (χ1) is 19.4. The number of hydrogen-bond donors (Lipinski definition) is 2. The predicted octanol–water partition coefficient (Wildman–Crippen LogP) is 4.03. The third-order valence-electron chi connectivity index (χ3n) is 7.21. The summed E-state index contributed by atoms with van der Waals surface area (Å²) in [5.74, 6) is -1.53. The van der Waals surface area contributed by atoms with E-state index in [-0.39, 0.29) is 5.56 Å². The summed E-state index contributed by atoms with van der Waals surface area (Å²) in [6, 6.07) is 14.9. The topological polar surface area (TPSA) is 132 Å². The van der Waals surface area contributed by atoms with Gasteiger partial charge in [-0.25, -0.2) is 9.37 Å². The molecule has 3 heterocycles. The summed E-state index contributed by atoms with van der Waals surface area (Å²) >= 11 is 6.24. The van der Waals surface area contributed by atoms with Gasteiger partial charge in [-0.05, 0) is 47.0 Å². The number of H-pyrrole nitrogens is 1. The molecule has 2 atom stereocenters. The fraction of sp³-hybridized carbons (Fsp3) is 0.214. The minimum absolute atomic E-state index is 0.0516. The molecule has 40 heavy (non-hydrogen) atoms. The fourth-order valence-corrected chi connectivity index (χ4v) is 5.37. The predicted molar refractivity (Wildman–Crippen MR) is 144 cm³/mol. The zero-order valence-corrected chi connectivity index (χ0v) is 21.8. The SMILES string of the molecule is O=C(O)C1CCc2[nH]c(C(Cc3ccccc3)n3cc(F)c(-c4cc(Cl)ccc4-n4cnnn4)cc3=O)nc2C1. The number of imidazole rings is 1. The van der Waals surface area contributed by atoms with Gasteiger partial charge in [0.25, 0.3) is 5.56 Å². The maximum absolute atomic E-state index is 15.9. The smallest absolute Gasteiger partial charge is 0.306 e. The van der Waals surface area contributed by atoms with Crippen LogP contribution in [0.15, 0.2) is 71.9 Å². The number of fused-ring (bicyclic) bond motifs is 1. The molecule has 0 spiro atoms. The minimum Gasteiger partial charge on any atom is -0.481 e. The van der Waals surface area contributed by atoms with Crippen molar-refractivity contribution in [3.63, 3.8) is 0 Å². The molecule has 5 aromatic rings. The molecule has 0 saturated carbocycles. The monoisotopic (exact) mass is 559 g/mol. The molecular formula is C28H23ClFN7O3. The highest BCUT2D eigenvalue weighted by Gasteiger charge is 2.30. The van der Waals surface area contributed by atoms with E-state index in [2.05, 4.69) is 20.5 Å². The van der Waals surface area contributed by atoms with Crippen molar-refractivity contribution in [3.8, 4) is 16.8 Å². The molecule has 1 aliphatic rings. The number of aromatic nitrogens is 7. The third-order valence-corrected chi connectivity index (χ3v) is 7.45. The lowest BCUT2D eigenvalue weighted by atomic mass is 9.90. The number of aliphatic carboxylic acids is 1. The van der Waals surface area contributed by atoms with Gasteiger partial charge in [0, 0.05) is 46.9 Å².